The average Bonchev–Trinajstić information content (AvgIpc) is 2.97. The number of methoxy groups -OCH3 is 1. The van der Waals surface area contributed by atoms with Crippen molar-refractivity contribution in [1.82, 2.24) is 0 Å². The van der Waals surface area contributed by atoms with Gasteiger partial charge in [-0.25, -0.2) is 0 Å². The number of hydrogen-bond donors (Lipinski definition) is 0. The molecule has 1 aromatic rings. The van der Waals surface area contributed by atoms with E-state index in [0.717, 1.165) is 37.7 Å². The SMILES string of the molecule is COC(=O)C1CC(=O)N(c2cccc(N3CCOCC3)c2)C1. The first-order valence-electron chi connectivity index (χ1n) is 7.50. The number of anilines is 2. The Morgan fingerprint density at radius 3 is 2.73 bits per heavy atom. The normalized spacial score (nSPS) is 22.0. The van der Waals surface area contributed by atoms with Crippen molar-refractivity contribution in [3.8, 4) is 0 Å². The highest BCUT2D eigenvalue weighted by atomic mass is 16.5. The van der Waals surface area contributed by atoms with Gasteiger partial charge in [0.2, 0.25) is 5.91 Å². The highest BCUT2D eigenvalue weighted by Gasteiger charge is 2.35. The van der Waals surface area contributed by atoms with Crippen LogP contribution in [0.15, 0.2) is 24.3 Å². The number of nitrogens with zero attached hydrogens (tertiary/aromatic N) is 2. The van der Waals surface area contributed by atoms with Crippen molar-refractivity contribution >= 4 is 23.3 Å². The third-order valence-corrected chi connectivity index (χ3v) is 4.18. The van der Waals surface area contributed by atoms with Gasteiger partial charge in [0.05, 0.1) is 26.2 Å². The molecule has 0 aromatic heterocycles. The first-order chi connectivity index (χ1) is 10.7. The predicted octanol–water partition coefficient (Wildman–Crippen LogP) is 1.05. The van der Waals surface area contributed by atoms with Gasteiger partial charge in [0.15, 0.2) is 0 Å². The highest BCUT2D eigenvalue weighted by molar-refractivity contribution is 5.99. The highest BCUT2D eigenvalue weighted by Crippen LogP contribution is 2.29. The van der Waals surface area contributed by atoms with Gasteiger partial charge < -0.3 is 19.3 Å². The van der Waals surface area contributed by atoms with Crippen molar-refractivity contribution in [2.24, 2.45) is 5.92 Å². The van der Waals surface area contributed by atoms with Crippen LogP contribution in [0.25, 0.3) is 0 Å². The summed E-state index contributed by atoms with van der Waals surface area (Å²) in [5, 5.41) is 0. The summed E-state index contributed by atoms with van der Waals surface area (Å²) < 4.78 is 10.1. The van der Waals surface area contributed by atoms with Crippen LogP contribution in [0, 0.1) is 5.92 Å². The fourth-order valence-electron chi connectivity index (χ4n) is 2.96. The molecule has 3 rings (SSSR count). The fourth-order valence-corrected chi connectivity index (χ4v) is 2.96. The predicted molar refractivity (Wildman–Crippen MR) is 82.0 cm³/mol. The van der Waals surface area contributed by atoms with Crippen LogP contribution < -0.4 is 9.80 Å². The molecule has 1 atom stereocenters. The van der Waals surface area contributed by atoms with Gasteiger partial charge in [-0.2, -0.15) is 0 Å². The Labute approximate surface area is 129 Å². The molecule has 0 radical (unpaired) electrons. The smallest absolute Gasteiger partial charge is 0.311 e. The van der Waals surface area contributed by atoms with E-state index < -0.39 is 0 Å². The number of amides is 1. The van der Waals surface area contributed by atoms with E-state index in [0.29, 0.717) is 6.54 Å². The molecule has 0 saturated carbocycles. The van der Waals surface area contributed by atoms with Crippen molar-refractivity contribution in [2.75, 3.05) is 49.8 Å². The number of hydrogen-bond acceptors (Lipinski definition) is 5. The summed E-state index contributed by atoms with van der Waals surface area (Å²) in [6.45, 7) is 3.52. The third-order valence-electron chi connectivity index (χ3n) is 4.18. The number of esters is 1. The maximum absolute atomic E-state index is 12.2. The number of carbonyl (C=O) groups is 2. The van der Waals surface area contributed by atoms with Crippen molar-refractivity contribution in [1.29, 1.82) is 0 Å². The molecule has 2 aliphatic rings. The number of morpholine rings is 1. The first kappa shape index (κ1) is 14.8. The van der Waals surface area contributed by atoms with Crippen molar-refractivity contribution < 1.29 is 19.1 Å². The molecule has 2 heterocycles. The van der Waals surface area contributed by atoms with Crippen LogP contribution in [-0.4, -0.2) is 51.8 Å². The Balaban J connectivity index is 1.77. The third kappa shape index (κ3) is 2.92. The molecule has 6 heteroatoms. The van der Waals surface area contributed by atoms with Gasteiger partial charge in [0.25, 0.3) is 0 Å². The molecule has 0 spiro atoms. The molecule has 1 aromatic carbocycles. The molecule has 118 valence electrons. The Morgan fingerprint density at radius 1 is 1.27 bits per heavy atom. The maximum atomic E-state index is 12.2. The zero-order chi connectivity index (χ0) is 15.5. The summed E-state index contributed by atoms with van der Waals surface area (Å²) in [6, 6.07) is 7.89. The number of ether oxygens (including phenoxy) is 2. The van der Waals surface area contributed by atoms with Crippen LogP contribution >= 0.6 is 0 Å². The molecule has 0 N–H and O–H groups in total. The van der Waals surface area contributed by atoms with Gasteiger partial charge in [0, 0.05) is 37.4 Å². The first-order valence-corrected chi connectivity index (χ1v) is 7.50. The molecule has 0 aliphatic carbocycles. The van der Waals surface area contributed by atoms with Gasteiger partial charge >= 0.3 is 5.97 Å². The van der Waals surface area contributed by atoms with Gasteiger partial charge in [-0.15, -0.1) is 0 Å². The van der Waals surface area contributed by atoms with Gasteiger partial charge in [0.1, 0.15) is 0 Å². The summed E-state index contributed by atoms with van der Waals surface area (Å²) >= 11 is 0. The van der Waals surface area contributed by atoms with E-state index in [4.69, 9.17) is 9.47 Å². The molecular formula is C16H20N2O4. The van der Waals surface area contributed by atoms with Crippen LogP contribution in [0.1, 0.15) is 6.42 Å². The number of benzene rings is 1. The minimum atomic E-state index is -0.371. The van der Waals surface area contributed by atoms with Crippen LogP contribution in [0.5, 0.6) is 0 Å². The lowest BCUT2D eigenvalue weighted by atomic mass is 10.1. The molecule has 22 heavy (non-hydrogen) atoms. The molecule has 0 bridgehead atoms. The minimum Gasteiger partial charge on any atom is -0.469 e. The van der Waals surface area contributed by atoms with Gasteiger partial charge in [-0.05, 0) is 18.2 Å². The standard InChI is InChI=1S/C16H20N2O4/c1-21-16(20)12-9-15(19)18(11-12)14-4-2-3-13(10-14)17-5-7-22-8-6-17/h2-4,10,12H,5-9,11H2,1H3. The monoisotopic (exact) mass is 304 g/mol. The van der Waals surface area contributed by atoms with E-state index in [2.05, 4.69) is 4.90 Å². The van der Waals surface area contributed by atoms with E-state index in [-0.39, 0.29) is 24.2 Å². The number of rotatable bonds is 3. The second-order valence-electron chi connectivity index (χ2n) is 5.55. The Morgan fingerprint density at radius 2 is 2.00 bits per heavy atom. The molecule has 6 nitrogen and oxygen atoms in total. The Bertz CT molecular complexity index is 569. The van der Waals surface area contributed by atoms with E-state index in [1.54, 1.807) is 4.90 Å². The quantitative estimate of drug-likeness (QED) is 0.781. The lowest BCUT2D eigenvalue weighted by molar-refractivity contribution is -0.145. The molecular weight excluding hydrogens is 284 g/mol. The van der Waals surface area contributed by atoms with E-state index in [9.17, 15) is 9.59 Å². The summed E-state index contributed by atoms with van der Waals surface area (Å²) in [6.07, 6.45) is 0.217. The fraction of sp³-hybridized carbons (Fsp3) is 0.500. The van der Waals surface area contributed by atoms with Gasteiger partial charge in [-0.3, -0.25) is 9.59 Å². The van der Waals surface area contributed by atoms with Gasteiger partial charge in [-0.1, -0.05) is 6.07 Å². The Hall–Kier alpha value is -2.08. The number of carbonyl (C=O) groups excluding carboxylic acids is 2. The second-order valence-corrected chi connectivity index (χ2v) is 5.55. The van der Waals surface area contributed by atoms with Crippen molar-refractivity contribution in [2.45, 2.75) is 6.42 Å². The van der Waals surface area contributed by atoms with Crippen LogP contribution in [0.3, 0.4) is 0 Å². The zero-order valence-corrected chi connectivity index (χ0v) is 12.7. The summed E-state index contributed by atoms with van der Waals surface area (Å²) in [7, 11) is 1.36. The second kappa shape index (κ2) is 6.36. The van der Waals surface area contributed by atoms with Crippen molar-refractivity contribution in [3.05, 3.63) is 24.3 Å². The van der Waals surface area contributed by atoms with Crippen LogP contribution in [0.2, 0.25) is 0 Å². The minimum absolute atomic E-state index is 0.0328. The largest absolute Gasteiger partial charge is 0.469 e. The lowest BCUT2D eigenvalue weighted by Crippen LogP contribution is -2.36. The van der Waals surface area contributed by atoms with Crippen LogP contribution in [-0.2, 0) is 19.1 Å². The zero-order valence-electron chi connectivity index (χ0n) is 12.7. The average molecular weight is 304 g/mol. The summed E-state index contributed by atoms with van der Waals surface area (Å²) in [5.41, 5.74) is 1.91. The van der Waals surface area contributed by atoms with E-state index in [1.165, 1.54) is 7.11 Å². The molecule has 2 saturated heterocycles. The maximum Gasteiger partial charge on any atom is 0.311 e. The van der Waals surface area contributed by atoms with Crippen molar-refractivity contribution in [3.63, 3.8) is 0 Å². The molecule has 1 unspecified atom stereocenters. The van der Waals surface area contributed by atoms with Crippen LogP contribution in [0.4, 0.5) is 11.4 Å². The van der Waals surface area contributed by atoms with E-state index >= 15 is 0 Å². The summed E-state index contributed by atoms with van der Waals surface area (Å²) in [4.78, 5) is 27.7. The Kier molecular flexibility index (Phi) is 4.29. The lowest BCUT2D eigenvalue weighted by Gasteiger charge is -2.29. The summed E-state index contributed by atoms with van der Waals surface area (Å²) in [5.74, 6) is -0.723. The molecule has 2 fully saturated rings. The topological polar surface area (TPSA) is 59.1 Å². The molecule has 2 aliphatic heterocycles. The van der Waals surface area contributed by atoms with E-state index in [1.807, 2.05) is 24.3 Å². The molecule has 1 amide bonds.